The van der Waals surface area contributed by atoms with Crippen molar-refractivity contribution < 1.29 is 9.53 Å². The van der Waals surface area contributed by atoms with Crippen LogP contribution in [-0.2, 0) is 0 Å². The summed E-state index contributed by atoms with van der Waals surface area (Å²) in [4.78, 5) is 19.7. The molecule has 7 heteroatoms. The number of aryl methyl sites for hydroxylation is 1. The lowest BCUT2D eigenvalue weighted by atomic mass is 9.92. The maximum Gasteiger partial charge on any atom is 0.211 e. The van der Waals surface area contributed by atoms with Gasteiger partial charge >= 0.3 is 0 Å². The summed E-state index contributed by atoms with van der Waals surface area (Å²) in [5.74, 6) is 1.58. The first-order valence-electron chi connectivity index (χ1n) is 12.3. The Morgan fingerprint density at radius 2 is 2.11 bits per heavy atom. The number of thiazole rings is 1. The SMILES string of the molecule is COc1cccc(-c2nc(-n3nc(C(=O)CC4CCCNC4)c4cc(C)ccc43)sc2C(C)C)c1. The molecule has 35 heavy (non-hydrogen) atoms. The van der Waals surface area contributed by atoms with Gasteiger partial charge in [0.1, 0.15) is 11.4 Å². The molecule has 2 aromatic carbocycles. The van der Waals surface area contributed by atoms with Gasteiger partial charge in [0.2, 0.25) is 5.13 Å². The fourth-order valence-corrected chi connectivity index (χ4v) is 5.88. The highest BCUT2D eigenvalue weighted by molar-refractivity contribution is 7.14. The molecule has 1 unspecified atom stereocenters. The van der Waals surface area contributed by atoms with E-state index in [0.717, 1.165) is 64.5 Å². The molecule has 0 aliphatic carbocycles. The van der Waals surface area contributed by atoms with E-state index in [-0.39, 0.29) is 5.78 Å². The number of ether oxygens (including phenoxy) is 1. The third kappa shape index (κ3) is 4.75. The number of nitrogens with zero attached hydrogens (tertiary/aromatic N) is 3. The summed E-state index contributed by atoms with van der Waals surface area (Å²) in [7, 11) is 1.68. The highest BCUT2D eigenvalue weighted by atomic mass is 32.1. The van der Waals surface area contributed by atoms with Crippen LogP contribution in [0.4, 0.5) is 0 Å². The van der Waals surface area contributed by atoms with Gasteiger partial charge in [-0.25, -0.2) is 9.67 Å². The Hall–Kier alpha value is -3.03. The Morgan fingerprint density at radius 3 is 2.86 bits per heavy atom. The molecule has 2 aromatic heterocycles. The molecule has 0 radical (unpaired) electrons. The number of Topliss-reactive ketones (excluding diaryl/α,β-unsaturated/α-hetero) is 1. The fraction of sp³-hybridized carbons (Fsp3) is 0.393. The van der Waals surface area contributed by atoms with Crippen LogP contribution >= 0.6 is 11.3 Å². The van der Waals surface area contributed by atoms with E-state index in [9.17, 15) is 4.79 Å². The second kappa shape index (κ2) is 9.91. The van der Waals surface area contributed by atoms with Crippen LogP contribution in [0.15, 0.2) is 42.5 Å². The molecule has 6 nitrogen and oxygen atoms in total. The molecular weight excluding hydrogens is 456 g/mol. The average Bonchev–Trinajstić information content (AvgIpc) is 3.47. The number of carbonyl (C=O) groups is 1. The lowest BCUT2D eigenvalue weighted by Gasteiger charge is -2.21. The summed E-state index contributed by atoms with van der Waals surface area (Å²) in [6.07, 6.45) is 2.73. The summed E-state index contributed by atoms with van der Waals surface area (Å²) in [6.45, 7) is 8.35. The van der Waals surface area contributed by atoms with Crippen LogP contribution in [0.2, 0.25) is 0 Å². The second-order valence-corrected chi connectivity index (χ2v) is 10.7. The maximum atomic E-state index is 13.4. The zero-order valence-corrected chi connectivity index (χ0v) is 21.6. The fourth-order valence-electron chi connectivity index (χ4n) is 4.82. The molecule has 5 rings (SSSR count). The van der Waals surface area contributed by atoms with Gasteiger partial charge in [-0.3, -0.25) is 4.79 Å². The van der Waals surface area contributed by atoms with Crippen LogP contribution in [0.5, 0.6) is 5.75 Å². The number of benzene rings is 2. The van der Waals surface area contributed by atoms with Gasteiger partial charge in [0, 0.05) is 22.2 Å². The number of methoxy groups -OCH3 is 1. The number of rotatable bonds is 7. The molecule has 1 fully saturated rings. The minimum Gasteiger partial charge on any atom is -0.497 e. The number of ketones is 1. The predicted molar refractivity (Wildman–Crippen MR) is 142 cm³/mol. The van der Waals surface area contributed by atoms with Crippen molar-refractivity contribution in [1.29, 1.82) is 0 Å². The van der Waals surface area contributed by atoms with Crippen LogP contribution in [0.25, 0.3) is 27.3 Å². The van der Waals surface area contributed by atoms with Gasteiger partial charge in [-0.05, 0) is 69.0 Å². The second-order valence-electron chi connectivity index (χ2n) is 9.72. The monoisotopic (exact) mass is 488 g/mol. The standard InChI is InChI=1S/C28H32N4O2S/c1-17(2)27-25(20-8-5-9-21(15-20)34-4)30-28(35-27)32-23-11-10-18(3)13-22(23)26(31-32)24(33)14-19-7-6-12-29-16-19/h5,8-11,13,15,17,19,29H,6-7,12,14,16H2,1-4H3. The van der Waals surface area contributed by atoms with E-state index in [0.29, 0.717) is 24.0 Å². The van der Waals surface area contributed by atoms with Crippen molar-refractivity contribution >= 4 is 28.0 Å². The smallest absolute Gasteiger partial charge is 0.211 e. The first-order chi connectivity index (χ1) is 16.9. The van der Waals surface area contributed by atoms with Gasteiger partial charge < -0.3 is 10.1 Å². The summed E-state index contributed by atoms with van der Waals surface area (Å²) in [6, 6.07) is 14.2. The Morgan fingerprint density at radius 1 is 1.26 bits per heavy atom. The molecular formula is C28H32N4O2S. The number of fused-ring (bicyclic) bond motifs is 1. The molecule has 3 heterocycles. The average molecular weight is 489 g/mol. The number of piperidine rings is 1. The number of hydrogen-bond donors (Lipinski definition) is 1. The Labute approximate surface area is 210 Å². The zero-order valence-electron chi connectivity index (χ0n) is 20.8. The van der Waals surface area contributed by atoms with Crippen LogP contribution in [-0.4, -0.2) is 40.7 Å². The summed E-state index contributed by atoms with van der Waals surface area (Å²) >= 11 is 1.64. The molecule has 1 aliphatic heterocycles. The highest BCUT2D eigenvalue weighted by Crippen LogP contribution is 2.37. The summed E-state index contributed by atoms with van der Waals surface area (Å²) in [5, 5.41) is 9.98. The van der Waals surface area contributed by atoms with Gasteiger partial charge in [-0.15, -0.1) is 0 Å². The molecule has 1 aliphatic rings. The van der Waals surface area contributed by atoms with Crippen molar-refractivity contribution in [2.75, 3.05) is 20.2 Å². The van der Waals surface area contributed by atoms with E-state index in [1.807, 2.05) is 22.9 Å². The van der Waals surface area contributed by atoms with Crippen molar-refractivity contribution in [3.63, 3.8) is 0 Å². The van der Waals surface area contributed by atoms with Crippen molar-refractivity contribution in [3.05, 3.63) is 58.6 Å². The van der Waals surface area contributed by atoms with Crippen LogP contribution < -0.4 is 10.1 Å². The molecule has 0 bridgehead atoms. The largest absolute Gasteiger partial charge is 0.497 e. The minimum atomic E-state index is 0.113. The number of carbonyl (C=O) groups excluding carboxylic acids is 1. The lowest BCUT2D eigenvalue weighted by Crippen LogP contribution is -2.31. The van der Waals surface area contributed by atoms with E-state index in [4.69, 9.17) is 14.8 Å². The molecule has 1 saturated heterocycles. The highest BCUT2D eigenvalue weighted by Gasteiger charge is 2.25. The minimum absolute atomic E-state index is 0.113. The molecule has 1 N–H and O–H groups in total. The third-order valence-corrected chi connectivity index (χ3v) is 7.99. The molecule has 1 atom stereocenters. The van der Waals surface area contributed by atoms with Crippen LogP contribution in [0.1, 0.15) is 60.0 Å². The molecule has 182 valence electrons. The van der Waals surface area contributed by atoms with Gasteiger partial charge in [0.25, 0.3) is 0 Å². The van der Waals surface area contributed by atoms with E-state index in [2.05, 4.69) is 50.4 Å². The maximum absolute atomic E-state index is 13.4. The summed E-state index contributed by atoms with van der Waals surface area (Å²) < 4.78 is 7.31. The quantitative estimate of drug-likeness (QED) is 0.316. The lowest BCUT2D eigenvalue weighted by molar-refractivity contribution is 0.0950. The van der Waals surface area contributed by atoms with Crippen LogP contribution in [0, 0.1) is 12.8 Å². The van der Waals surface area contributed by atoms with Crippen molar-refractivity contribution in [2.45, 2.75) is 46.0 Å². The molecule has 4 aromatic rings. The van der Waals surface area contributed by atoms with Crippen molar-refractivity contribution in [3.8, 4) is 22.1 Å². The topological polar surface area (TPSA) is 69.0 Å². The molecule has 0 spiro atoms. The van der Waals surface area contributed by atoms with Crippen molar-refractivity contribution in [2.24, 2.45) is 5.92 Å². The van der Waals surface area contributed by atoms with Gasteiger partial charge in [-0.1, -0.05) is 48.9 Å². The Bertz CT molecular complexity index is 1360. The normalized spacial score (nSPS) is 16.2. The first kappa shape index (κ1) is 23.7. The van der Waals surface area contributed by atoms with E-state index >= 15 is 0 Å². The Balaban J connectivity index is 1.60. The number of nitrogens with one attached hydrogen (secondary N) is 1. The predicted octanol–water partition coefficient (Wildman–Crippen LogP) is 6.16. The van der Waals surface area contributed by atoms with Gasteiger partial charge in [0.15, 0.2) is 5.78 Å². The molecule has 0 amide bonds. The molecule has 0 saturated carbocycles. The number of hydrogen-bond acceptors (Lipinski definition) is 6. The zero-order chi connectivity index (χ0) is 24.5. The van der Waals surface area contributed by atoms with E-state index in [1.165, 1.54) is 4.88 Å². The van der Waals surface area contributed by atoms with Crippen LogP contribution in [0.3, 0.4) is 0 Å². The van der Waals surface area contributed by atoms with E-state index in [1.54, 1.807) is 18.4 Å². The third-order valence-electron chi connectivity index (χ3n) is 6.66. The first-order valence-corrected chi connectivity index (χ1v) is 13.1. The number of aromatic nitrogens is 3. The van der Waals surface area contributed by atoms with Gasteiger partial charge in [-0.2, -0.15) is 5.10 Å². The van der Waals surface area contributed by atoms with Gasteiger partial charge in [0.05, 0.1) is 18.3 Å². The summed E-state index contributed by atoms with van der Waals surface area (Å²) in [5.41, 5.74) is 4.55. The Kier molecular flexibility index (Phi) is 6.71. The van der Waals surface area contributed by atoms with E-state index < -0.39 is 0 Å². The van der Waals surface area contributed by atoms with Crippen molar-refractivity contribution in [1.82, 2.24) is 20.1 Å².